The van der Waals surface area contributed by atoms with Crippen LogP contribution in [0.15, 0.2) is 5.29 Å². The second kappa shape index (κ2) is 21.7. The number of aliphatic hydroxyl groups is 4. The smallest absolute Gasteiger partial charge is 0.311 e. The lowest BCUT2D eigenvalue weighted by Gasteiger charge is -2.49. The minimum absolute atomic E-state index is 0.00358. The molecule has 0 aliphatic carbocycles. The number of aliphatic hydroxyl groups excluding tert-OH is 2. The van der Waals surface area contributed by atoms with E-state index in [2.05, 4.69) is 5.29 Å². The Kier molecular flexibility index (Phi) is 18.6. The number of methoxy groups -OCH3 is 1. The molecule has 3 heterocycles. The second-order valence-electron chi connectivity index (χ2n) is 17.9. The molecule has 3 saturated heterocycles. The number of hydrogen-bond acceptors (Lipinski definition) is 18. The van der Waals surface area contributed by atoms with Crippen molar-refractivity contribution in [3.05, 3.63) is 4.91 Å². The number of nitroso groups, excluding NO2 is 1. The molecule has 0 aromatic rings. The summed E-state index contributed by atoms with van der Waals surface area (Å²) in [6, 6.07) is -0.908. The number of carbonyl (C=O) groups excluding carboxylic acids is 4. The molecule has 0 bridgehead atoms. The van der Waals surface area contributed by atoms with Gasteiger partial charge in [-0.2, -0.15) is 0 Å². The van der Waals surface area contributed by atoms with Gasteiger partial charge in [-0.05, 0) is 67.7 Å². The van der Waals surface area contributed by atoms with Crippen molar-refractivity contribution in [2.24, 2.45) is 29.0 Å². The highest BCUT2D eigenvalue weighted by Gasteiger charge is 2.54. The van der Waals surface area contributed by atoms with Crippen LogP contribution >= 0.6 is 0 Å². The Labute approximate surface area is 359 Å². The van der Waals surface area contributed by atoms with Crippen LogP contribution in [0, 0.1) is 28.6 Å². The number of esters is 3. The van der Waals surface area contributed by atoms with E-state index < -0.39 is 132 Å². The van der Waals surface area contributed by atoms with E-state index in [0.29, 0.717) is 0 Å². The molecule has 4 N–H and O–H groups in total. The van der Waals surface area contributed by atoms with E-state index in [1.165, 1.54) is 41.9 Å². The molecule has 352 valence electrons. The Morgan fingerprint density at radius 1 is 0.885 bits per heavy atom. The van der Waals surface area contributed by atoms with E-state index in [0.717, 1.165) is 5.01 Å². The lowest BCUT2D eigenvalue weighted by atomic mass is 9.74. The molecular formula is C42H72N2O17. The lowest BCUT2D eigenvalue weighted by molar-refractivity contribution is -0.319. The average molecular weight is 877 g/mol. The molecule has 61 heavy (non-hydrogen) atoms. The van der Waals surface area contributed by atoms with E-state index >= 15 is 0 Å². The maximum atomic E-state index is 14.3. The molecule has 19 heteroatoms. The van der Waals surface area contributed by atoms with Gasteiger partial charge < -0.3 is 58.3 Å². The first-order chi connectivity index (χ1) is 28.3. The fourth-order valence-corrected chi connectivity index (χ4v) is 9.09. The Hall–Kier alpha value is -2.88. The summed E-state index contributed by atoms with van der Waals surface area (Å²) in [5.41, 5.74) is -5.21. The van der Waals surface area contributed by atoms with Crippen LogP contribution < -0.4 is 0 Å². The standard InChI is InChI=1S/C42H72N2O17/c1-14-28-42(11,52)35(48)23(5)32(47)21(3)19-40(9,51)37(24(6)33(25(7)38(50)58-28)60-31-20-41(10,54-13)36(49)26(8)57-31)61-39-34(27(44(12)43-53)18-22(4)56-39)59-30(46)17-16-29(45)55-15-2/h21-28,31,33-37,39,48-49,51-52H,14-20H2,1-13H3/t21-,22-,23+,24+,25-,26+,27+,28-,31+,33+,34-,35-,36+,37-,39+,40-,41-,42-/m1/s1. The van der Waals surface area contributed by atoms with Gasteiger partial charge in [-0.3, -0.25) is 24.2 Å². The molecular weight excluding hydrogens is 804 g/mol. The van der Waals surface area contributed by atoms with E-state index in [1.807, 2.05) is 0 Å². The summed E-state index contributed by atoms with van der Waals surface area (Å²) >= 11 is 0. The number of nitrogens with zero attached hydrogens (tertiary/aromatic N) is 2. The number of cyclic esters (lactones) is 1. The average Bonchev–Trinajstić information content (AvgIpc) is 3.20. The van der Waals surface area contributed by atoms with Crippen LogP contribution in [-0.2, 0) is 57.1 Å². The first-order valence-electron chi connectivity index (χ1n) is 21.4. The van der Waals surface area contributed by atoms with E-state index in [9.17, 15) is 44.5 Å². The van der Waals surface area contributed by atoms with Crippen LogP contribution in [0.4, 0.5) is 0 Å². The van der Waals surface area contributed by atoms with Crippen LogP contribution in [0.1, 0.15) is 115 Å². The maximum absolute atomic E-state index is 14.3. The predicted octanol–water partition coefficient (Wildman–Crippen LogP) is 2.73. The van der Waals surface area contributed by atoms with Crippen LogP contribution in [0.25, 0.3) is 0 Å². The number of ether oxygens (including phenoxy) is 8. The first kappa shape index (κ1) is 52.5. The molecule has 0 radical (unpaired) electrons. The van der Waals surface area contributed by atoms with Gasteiger partial charge in [0.05, 0.1) is 78.4 Å². The van der Waals surface area contributed by atoms with Crippen LogP contribution in [0.2, 0.25) is 0 Å². The molecule has 0 amide bonds. The Morgan fingerprint density at radius 2 is 1.51 bits per heavy atom. The van der Waals surface area contributed by atoms with Crippen molar-refractivity contribution in [2.45, 2.75) is 199 Å². The zero-order valence-electron chi connectivity index (χ0n) is 38.1. The summed E-state index contributed by atoms with van der Waals surface area (Å²) in [4.78, 5) is 65.7. The molecule has 0 unspecified atom stereocenters. The summed E-state index contributed by atoms with van der Waals surface area (Å²) in [5, 5.41) is 50.9. The number of likely N-dealkylation sites (N-methyl/N-ethyl adjacent to an activating group) is 1. The number of carbonyl (C=O) groups is 4. The molecule has 18 atom stereocenters. The zero-order chi connectivity index (χ0) is 46.4. The Balaban J connectivity index is 2.23. The topological polar surface area (TPSA) is 256 Å². The highest BCUT2D eigenvalue weighted by atomic mass is 16.7. The molecule has 3 fully saturated rings. The van der Waals surface area contributed by atoms with Gasteiger partial charge in [-0.1, -0.05) is 27.7 Å². The molecule has 19 nitrogen and oxygen atoms in total. The molecule has 0 saturated carbocycles. The van der Waals surface area contributed by atoms with Crippen molar-refractivity contribution >= 4 is 23.7 Å². The van der Waals surface area contributed by atoms with Crippen LogP contribution in [0.5, 0.6) is 0 Å². The SMILES string of the molecule is CCOC(=O)CCC(=O)O[C@H]1[C@H](O[C@@H]2[C@@H](C)[C@H](O[C@H]3C[C@@](C)(OC)[C@@H](O)[C@H](C)O3)[C@@H](C)C(=O)O[C@H](CC)[C@@](C)(O)[C@H](O)[C@@H](C)C(=O)[C@H](C)C[C@@]2(C)O)O[C@H](C)C[C@@H]1N(C)N=O. The van der Waals surface area contributed by atoms with Crippen molar-refractivity contribution in [3.63, 3.8) is 0 Å². The van der Waals surface area contributed by atoms with Crippen molar-refractivity contribution in [3.8, 4) is 0 Å². The third kappa shape index (κ3) is 12.4. The normalized spacial score (nSPS) is 43.1. The van der Waals surface area contributed by atoms with Gasteiger partial charge in [0.2, 0.25) is 0 Å². The third-order valence-corrected chi connectivity index (χ3v) is 12.8. The fraction of sp³-hybridized carbons (Fsp3) is 0.905. The molecule has 3 aliphatic heterocycles. The molecule has 3 rings (SSSR count). The molecule has 0 spiro atoms. The lowest BCUT2D eigenvalue weighted by Crippen LogP contribution is -2.61. The van der Waals surface area contributed by atoms with Gasteiger partial charge >= 0.3 is 17.9 Å². The zero-order valence-corrected chi connectivity index (χ0v) is 38.1. The largest absolute Gasteiger partial charge is 0.466 e. The molecule has 0 aromatic carbocycles. The Morgan fingerprint density at radius 3 is 2.08 bits per heavy atom. The van der Waals surface area contributed by atoms with Crippen molar-refractivity contribution in [1.29, 1.82) is 0 Å². The predicted molar refractivity (Wildman–Crippen MR) is 216 cm³/mol. The minimum Gasteiger partial charge on any atom is -0.466 e. The quantitative estimate of drug-likeness (QED) is 0.0898. The Bertz CT molecular complexity index is 1500. The van der Waals surface area contributed by atoms with Crippen molar-refractivity contribution in [2.75, 3.05) is 20.8 Å². The number of rotatable bonds is 13. The maximum Gasteiger partial charge on any atom is 0.311 e. The van der Waals surface area contributed by atoms with E-state index in [-0.39, 0.29) is 45.1 Å². The number of ketones is 1. The third-order valence-electron chi connectivity index (χ3n) is 12.8. The highest BCUT2D eigenvalue weighted by molar-refractivity contribution is 5.83. The summed E-state index contributed by atoms with van der Waals surface area (Å²) < 4.78 is 48.3. The summed E-state index contributed by atoms with van der Waals surface area (Å²) in [6.45, 7) is 17.3. The van der Waals surface area contributed by atoms with E-state index in [4.69, 9.17) is 37.9 Å². The van der Waals surface area contributed by atoms with Gasteiger partial charge in [0.1, 0.15) is 23.6 Å². The van der Waals surface area contributed by atoms with Crippen LogP contribution in [-0.4, -0.2) is 154 Å². The molecule has 0 aromatic heterocycles. The summed E-state index contributed by atoms with van der Waals surface area (Å²) in [5.74, 6) is -7.18. The monoisotopic (exact) mass is 876 g/mol. The number of hydrogen-bond donors (Lipinski definition) is 4. The minimum atomic E-state index is -2.07. The van der Waals surface area contributed by atoms with Gasteiger partial charge in [-0.25, -0.2) is 0 Å². The number of Topliss-reactive ketones (excluding diaryl/α,β-unsaturated/α-hetero) is 1. The van der Waals surface area contributed by atoms with Gasteiger partial charge in [0.15, 0.2) is 18.7 Å². The highest BCUT2D eigenvalue weighted by Crippen LogP contribution is 2.41. The van der Waals surface area contributed by atoms with Gasteiger partial charge in [-0.15, -0.1) is 4.91 Å². The first-order valence-corrected chi connectivity index (χ1v) is 21.4. The summed E-state index contributed by atoms with van der Waals surface area (Å²) in [6.07, 6.45) is -12.8. The van der Waals surface area contributed by atoms with Gasteiger partial charge in [0.25, 0.3) is 0 Å². The second-order valence-corrected chi connectivity index (χ2v) is 17.9. The van der Waals surface area contributed by atoms with Crippen molar-refractivity contribution in [1.82, 2.24) is 5.01 Å². The van der Waals surface area contributed by atoms with Crippen molar-refractivity contribution < 1.29 is 77.5 Å². The molecule has 3 aliphatic rings. The summed E-state index contributed by atoms with van der Waals surface area (Å²) in [7, 11) is 2.83. The fourth-order valence-electron chi connectivity index (χ4n) is 9.09. The van der Waals surface area contributed by atoms with Crippen LogP contribution in [0.3, 0.4) is 0 Å². The van der Waals surface area contributed by atoms with E-state index in [1.54, 1.807) is 48.5 Å². The van der Waals surface area contributed by atoms with Gasteiger partial charge in [0, 0.05) is 38.3 Å².